The molecule has 1 heterocycles. The van der Waals surface area contributed by atoms with Crippen molar-refractivity contribution in [2.24, 2.45) is 0 Å². The van der Waals surface area contributed by atoms with Crippen LogP contribution in [-0.2, 0) is 9.13 Å². The Bertz CT molecular complexity index is 1020. The Balaban J connectivity index is 1.91. The van der Waals surface area contributed by atoms with Crippen LogP contribution in [0.4, 0.5) is 0 Å². The lowest BCUT2D eigenvalue weighted by Crippen LogP contribution is -2.42. The molecule has 1 fully saturated rings. The number of hydrogen-bond donors (Lipinski definition) is 0. The maximum atomic E-state index is 15.0. The van der Waals surface area contributed by atoms with Crippen LogP contribution in [0.15, 0.2) is 91.0 Å². The number of rotatable bonds is 5. The van der Waals surface area contributed by atoms with Gasteiger partial charge in [0.25, 0.3) is 0 Å². The Hall–Kier alpha value is -1.88. The van der Waals surface area contributed by atoms with E-state index in [1.165, 1.54) is 0 Å². The molecule has 150 valence electrons. The first kappa shape index (κ1) is 20.4. The molecule has 2 atom stereocenters. The Morgan fingerprint density at radius 1 is 0.793 bits per heavy atom. The van der Waals surface area contributed by atoms with Crippen molar-refractivity contribution < 1.29 is 9.13 Å². The first-order chi connectivity index (χ1) is 13.9. The lowest BCUT2D eigenvalue weighted by Gasteiger charge is -2.42. The lowest BCUT2D eigenvalue weighted by atomic mass is 10.1. The molecule has 3 aromatic rings. The molecular formula is C25H28O2P2. The van der Waals surface area contributed by atoms with Gasteiger partial charge in [-0.3, -0.25) is 0 Å². The molecule has 1 aliphatic rings. The molecule has 0 N–H and O–H groups in total. The van der Waals surface area contributed by atoms with Crippen LogP contribution in [0, 0.1) is 0 Å². The summed E-state index contributed by atoms with van der Waals surface area (Å²) in [5, 5.41) is 2.01. The second-order valence-corrected chi connectivity index (χ2v) is 15.0. The molecule has 29 heavy (non-hydrogen) atoms. The topological polar surface area (TPSA) is 34.1 Å². The van der Waals surface area contributed by atoms with Gasteiger partial charge in [0.05, 0.1) is 0 Å². The quantitative estimate of drug-likeness (QED) is 0.500. The van der Waals surface area contributed by atoms with E-state index in [-0.39, 0.29) is 5.66 Å². The predicted molar refractivity (Wildman–Crippen MR) is 125 cm³/mol. The zero-order valence-electron chi connectivity index (χ0n) is 17.1. The van der Waals surface area contributed by atoms with Crippen molar-refractivity contribution in [1.82, 2.24) is 0 Å². The van der Waals surface area contributed by atoms with E-state index in [0.717, 1.165) is 28.8 Å². The van der Waals surface area contributed by atoms with Crippen molar-refractivity contribution >= 4 is 30.2 Å². The fourth-order valence-corrected chi connectivity index (χ4v) is 13.3. The highest BCUT2D eigenvalue weighted by molar-refractivity contribution is 7.81. The maximum absolute atomic E-state index is 15.0. The van der Waals surface area contributed by atoms with E-state index in [9.17, 15) is 4.57 Å². The minimum Gasteiger partial charge on any atom is -0.318 e. The van der Waals surface area contributed by atoms with E-state index >= 15 is 4.57 Å². The molecule has 0 bridgehead atoms. The van der Waals surface area contributed by atoms with E-state index in [0.29, 0.717) is 6.16 Å². The number of benzene rings is 3. The smallest absolute Gasteiger partial charge is 0.149 e. The SMILES string of the molecule is CC(C)([C@@H]1CCC[P@@]1(=O)c1ccccc1)P(=O)(c1ccccc1)c1ccccc1. The normalized spacial score (nSPS) is 22.5. The van der Waals surface area contributed by atoms with Gasteiger partial charge in [0.2, 0.25) is 0 Å². The van der Waals surface area contributed by atoms with Gasteiger partial charge in [-0.1, -0.05) is 105 Å². The molecule has 1 aliphatic heterocycles. The summed E-state index contributed by atoms with van der Waals surface area (Å²) in [6.45, 7) is 4.17. The van der Waals surface area contributed by atoms with Gasteiger partial charge in [0.1, 0.15) is 14.3 Å². The highest BCUT2D eigenvalue weighted by atomic mass is 31.2. The minimum absolute atomic E-state index is 0.108. The van der Waals surface area contributed by atoms with Gasteiger partial charge in [-0.2, -0.15) is 0 Å². The Morgan fingerprint density at radius 3 is 1.72 bits per heavy atom. The van der Waals surface area contributed by atoms with Crippen LogP contribution in [0.3, 0.4) is 0 Å². The van der Waals surface area contributed by atoms with E-state index in [1.807, 2.05) is 91.0 Å². The van der Waals surface area contributed by atoms with Gasteiger partial charge in [-0.05, 0) is 12.8 Å². The second kappa shape index (κ2) is 7.75. The largest absolute Gasteiger partial charge is 0.318 e. The van der Waals surface area contributed by atoms with E-state index in [1.54, 1.807) is 0 Å². The molecule has 3 aromatic carbocycles. The first-order valence-electron chi connectivity index (χ1n) is 10.3. The molecule has 0 radical (unpaired) electrons. The van der Waals surface area contributed by atoms with Crippen molar-refractivity contribution in [2.75, 3.05) is 6.16 Å². The standard InChI is InChI=1S/C25H28O2P2/c1-25(2,24-19-12-20-28(24,26)21-13-6-3-7-14-21)29(27,22-15-8-4-9-16-22)23-17-10-5-11-18-23/h3-11,13-18,24H,12,19-20H2,1-2H3/t24-,28+/m0/s1. The van der Waals surface area contributed by atoms with Crippen molar-refractivity contribution in [3.05, 3.63) is 91.0 Å². The Kier molecular flexibility index (Phi) is 5.45. The van der Waals surface area contributed by atoms with Gasteiger partial charge < -0.3 is 9.13 Å². The van der Waals surface area contributed by atoms with Gasteiger partial charge in [0.15, 0.2) is 0 Å². The molecule has 2 nitrogen and oxygen atoms in total. The van der Waals surface area contributed by atoms with Gasteiger partial charge in [0, 0.05) is 32.9 Å². The Labute approximate surface area is 174 Å². The molecular weight excluding hydrogens is 394 g/mol. The molecule has 4 heteroatoms. The van der Waals surface area contributed by atoms with Gasteiger partial charge >= 0.3 is 0 Å². The predicted octanol–water partition coefficient (Wildman–Crippen LogP) is 5.63. The summed E-state index contributed by atoms with van der Waals surface area (Å²) in [7, 11) is -5.71. The summed E-state index contributed by atoms with van der Waals surface area (Å²) in [5.74, 6) is 0. The summed E-state index contributed by atoms with van der Waals surface area (Å²) in [4.78, 5) is 0. The highest BCUT2D eigenvalue weighted by Crippen LogP contribution is 2.69. The third-order valence-electron chi connectivity index (χ3n) is 6.53. The van der Waals surface area contributed by atoms with E-state index in [4.69, 9.17) is 0 Å². The minimum atomic E-state index is -3.05. The third-order valence-corrected chi connectivity index (χ3v) is 14.8. The van der Waals surface area contributed by atoms with Crippen LogP contribution < -0.4 is 15.9 Å². The van der Waals surface area contributed by atoms with Crippen molar-refractivity contribution in [2.45, 2.75) is 37.5 Å². The average molecular weight is 422 g/mol. The van der Waals surface area contributed by atoms with Crippen LogP contribution >= 0.6 is 14.3 Å². The third kappa shape index (κ3) is 3.27. The highest BCUT2D eigenvalue weighted by Gasteiger charge is 2.56. The zero-order valence-corrected chi connectivity index (χ0v) is 18.9. The second-order valence-electron chi connectivity index (χ2n) is 8.45. The summed E-state index contributed by atoms with van der Waals surface area (Å²) in [5.41, 5.74) is -0.108. The molecule has 0 amide bonds. The molecule has 0 saturated carbocycles. The molecule has 0 aliphatic carbocycles. The van der Waals surface area contributed by atoms with Crippen molar-refractivity contribution in [1.29, 1.82) is 0 Å². The summed E-state index contributed by atoms with van der Waals surface area (Å²) >= 11 is 0. The number of hydrogen-bond acceptors (Lipinski definition) is 2. The van der Waals surface area contributed by atoms with Crippen LogP contribution in [0.5, 0.6) is 0 Å². The average Bonchev–Trinajstić information content (AvgIpc) is 3.18. The van der Waals surface area contributed by atoms with Crippen LogP contribution in [-0.4, -0.2) is 17.0 Å². The Morgan fingerprint density at radius 2 is 1.24 bits per heavy atom. The van der Waals surface area contributed by atoms with Crippen LogP contribution in [0.1, 0.15) is 26.7 Å². The van der Waals surface area contributed by atoms with Crippen molar-refractivity contribution in [3.63, 3.8) is 0 Å². The van der Waals surface area contributed by atoms with Crippen molar-refractivity contribution in [3.8, 4) is 0 Å². The molecule has 1 saturated heterocycles. The first-order valence-corrected chi connectivity index (χ1v) is 13.9. The van der Waals surface area contributed by atoms with Gasteiger partial charge in [-0.15, -0.1) is 0 Å². The monoisotopic (exact) mass is 422 g/mol. The maximum Gasteiger partial charge on any atom is 0.149 e. The van der Waals surface area contributed by atoms with E-state index < -0.39 is 19.4 Å². The fraction of sp³-hybridized carbons (Fsp3) is 0.280. The van der Waals surface area contributed by atoms with E-state index in [2.05, 4.69) is 13.8 Å². The summed E-state index contributed by atoms with van der Waals surface area (Å²) < 4.78 is 29.4. The summed E-state index contributed by atoms with van der Waals surface area (Å²) in [6.07, 6.45) is 2.47. The van der Waals surface area contributed by atoms with Gasteiger partial charge in [-0.25, -0.2) is 0 Å². The van der Waals surface area contributed by atoms with Crippen LogP contribution in [0.25, 0.3) is 0 Å². The molecule has 4 rings (SSSR count). The molecule has 0 unspecified atom stereocenters. The summed E-state index contributed by atoms with van der Waals surface area (Å²) in [6, 6.07) is 29.5. The lowest BCUT2D eigenvalue weighted by molar-refractivity contribution is 0.521. The zero-order chi connectivity index (χ0) is 20.5. The molecule has 0 spiro atoms. The fourth-order valence-electron chi connectivity index (χ4n) is 5.04. The van der Waals surface area contributed by atoms with Crippen LogP contribution in [0.2, 0.25) is 0 Å². The molecule has 0 aromatic heterocycles.